The topological polar surface area (TPSA) is 98.9 Å². The van der Waals surface area contributed by atoms with Gasteiger partial charge in [0.15, 0.2) is 0 Å². The van der Waals surface area contributed by atoms with Gasteiger partial charge in [0.25, 0.3) is 5.09 Å². The highest BCUT2D eigenvalue weighted by molar-refractivity contribution is 5.70. The monoisotopic (exact) mass is 219 g/mol. The second kappa shape index (κ2) is 4.92. The summed E-state index contributed by atoms with van der Waals surface area (Å²) in [6.45, 7) is 0. The maximum Gasteiger partial charge on any atom is 0.306 e. The lowest BCUT2D eigenvalue weighted by Crippen LogP contribution is -2.40. The van der Waals surface area contributed by atoms with Gasteiger partial charge in [-0.25, -0.2) is 0 Å². The van der Waals surface area contributed by atoms with Gasteiger partial charge in [-0.2, -0.15) is 0 Å². The summed E-state index contributed by atoms with van der Waals surface area (Å²) in [4.78, 5) is 25.3. The summed E-state index contributed by atoms with van der Waals surface area (Å²) in [6, 6.07) is 0. The van der Waals surface area contributed by atoms with Crippen molar-refractivity contribution in [1.82, 2.24) is 0 Å². The van der Waals surface area contributed by atoms with Gasteiger partial charge in [0.1, 0.15) is 6.10 Å². The number of aliphatic carboxylic acids is 1. The summed E-state index contributed by atoms with van der Waals surface area (Å²) in [7, 11) is 1.43. The second-order valence-corrected chi connectivity index (χ2v) is 3.49. The summed E-state index contributed by atoms with van der Waals surface area (Å²) >= 11 is 0. The third-order valence-electron chi connectivity index (χ3n) is 2.60. The lowest BCUT2D eigenvalue weighted by molar-refractivity contribution is -0.771. The summed E-state index contributed by atoms with van der Waals surface area (Å²) in [6.07, 6.45) is -0.127. The zero-order valence-electron chi connectivity index (χ0n) is 8.29. The fourth-order valence-electron chi connectivity index (χ4n) is 1.82. The molecule has 0 saturated heterocycles. The molecule has 1 saturated carbocycles. The van der Waals surface area contributed by atoms with Crippen LogP contribution in [0, 0.1) is 16.0 Å². The smallest absolute Gasteiger partial charge is 0.306 e. The van der Waals surface area contributed by atoms with Crippen LogP contribution in [0.3, 0.4) is 0 Å². The van der Waals surface area contributed by atoms with Gasteiger partial charge in [0, 0.05) is 7.11 Å². The number of rotatable bonds is 4. The van der Waals surface area contributed by atoms with E-state index in [1.807, 2.05) is 0 Å². The maximum atomic E-state index is 10.7. The molecule has 0 aromatic carbocycles. The largest absolute Gasteiger partial charge is 0.481 e. The Morgan fingerprint density at radius 1 is 1.47 bits per heavy atom. The van der Waals surface area contributed by atoms with E-state index < -0.39 is 29.2 Å². The van der Waals surface area contributed by atoms with Crippen molar-refractivity contribution < 1.29 is 24.6 Å². The van der Waals surface area contributed by atoms with Crippen LogP contribution in [0.5, 0.6) is 0 Å². The molecule has 0 radical (unpaired) electrons. The fourth-order valence-corrected chi connectivity index (χ4v) is 1.82. The van der Waals surface area contributed by atoms with E-state index in [0.29, 0.717) is 12.8 Å². The van der Waals surface area contributed by atoms with Crippen LogP contribution in [0.1, 0.15) is 19.3 Å². The van der Waals surface area contributed by atoms with Crippen molar-refractivity contribution in [2.75, 3.05) is 7.11 Å². The number of carbonyl (C=O) groups is 1. The van der Waals surface area contributed by atoms with E-state index in [9.17, 15) is 14.9 Å². The van der Waals surface area contributed by atoms with Gasteiger partial charge in [0.05, 0.1) is 12.0 Å². The molecule has 3 unspecified atom stereocenters. The molecule has 0 amide bonds. The first-order chi connectivity index (χ1) is 7.04. The van der Waals surface area contributed by atoms with Gasteiger partial charge >= 0.3 is 5.97 Å². The first-order valence-electron chi connectivity index (χ1n) is 4.61. The molecular formula is C8H13NO6. The van der Waals surface area contributed by atoms with Crippen molar-refractivity contribution in [3.63, 3.8) is 0 Å². The quantitative estimate of drug-likeness (QED) is 0.544. The Kier molecular flexibility index (Phi) is 3.84. The number of ether oxygens (including phenoxy) is 1. The average molecular weight is 219 g/mol. The maximum absolute atomic E-state index is 10.7. The van der Waals surface area contributed by atoms with E-state index in [2.05, 4.69) is 4.84 Å². The van der Waals surface area contributed by atoms with Gasteiger partial charge in [-0.3, -0.25) is 4.79 Å². The molecule has 0 aromatic rings. The van der Waals surface area contributed by atoms with Crippen LogP contribution in [0.25, 0.3) is 0 Å². The third-order valence-corrected chi connectivity index (χ3v) is 2.60. The molecule has 15 heavy (non-hydrogen) atoms. The first-order valence-corrected chi connectivity index (χ1v) is 4.61. The Bertz CT molecular complexity index is 256. The molecule has 7 nitrogen and oxygen atoms in total. The number of carboxylic acid groups (broad SMARTS) is 1. The standard InChI is InChI=1S/C8H13NO6/c1-14-6-3-2-5(8(10)11)4-7(6)15-9(12)13/h5-7H,2-4H2,1H3,(H,10,11). The Morgan fingerprint density at radius 3 is 2.60 bits per heavy atom. The molecular weight excluding hydrogens is 206 g/mol. The Balaban J connectivity index is 2.60. The summed E-state index contributed by atoms with van der Waals surface area (Å²) in [5.41, 5.74) is 0. The van der Waals surface area contributed by atoms with Gasteiger partial charge < -0.3 is 14.7 Å². The minimum Gasteiger partial charge on any atom is -0.481 e. The molecule has 7 heteroatoms. The SMILES string of the molecule is COC1CCC(C(=O)O)CC1O[N+](=O)[O-]. The Morgan fingerprint density at radius 2 is 2.13 bits per heavy atom. The van der Waals surface area contributed by atoms with Crippen LogP contribution >= 0.6 is 0 Å². The highest BCUT2D eigenvalue weighted by Crippen LogP contribution is 2.28. The lowest BCUT2D eigenvalue weighted by atomic mass is 9.85. The summed E-state index contributed by atoms with van der Waals surface area (Å²) in [5.74, 6) is -1.53. The van der Waals surface area contributed by atoms with Crippen molar-refractivity contribution in [2.24, 2.45) is 5.92 Å². The Hall–Kier alpha value is -1.37. The van der Waals surface area contributed by atoms with Crippen LogP contribution in [-0.2, 0) is 14.4 Å². The van der Waals surface area contributed by atoms with Gasteiger partial charge in [-0.1, -0.05) is 0 Å². The molecule has 0 aromatic heterocycles. The molecule has 0 spiro atoms. The predicted octanol–water partition coefficient (Wildman–Crippen LogP) is 0.463. The third kappa shape index (κ3) is 3.05. The van der Waals surface area contributed by atoms with E-state index in [4.69, 9.17) is 9.84 Å². The number of hydrogen-bond acceptors (Lipinski definition) is 5. The molecule has 1 aliphatic rings. The normalized spacial score (nSPS) is 30.9. The number of nitrogens with zero attached hydrogens (tertiary/aromatic N) is 1. The summed E-state index contributed by atoms with van der Waals surface area (Å²) < 4.78 is 5.01. The van der Waals surface area contributed by atoms with Crippen LogP contribution in [-0.4, -0.2) is 35.5 Å². The molecule has 1 aliphatic carbocycles. The van der Waals surface area contributed by atoms with Crippen molar-refractivity contribution in [3.05, 3.63) is 10.1 Å². The zero-order valence-corrected chi connectivity index (χ0v) is 8.29. The van der Waals surface area contributed by atoms with Crippen LogP contribution < -0.4 is 0 Å². The number of carboxylic acids is 1. The van der Waals surface area contributed by atoms with E-state index >= 15 is 0 Å². The van der Waals surface area contributed by atoms with Crippen molar-refractivity contribution in [1.29, 1.82) is 0 Å². The molecule has 0 aliphatic heterocycles. The predicted molar refractivity (Wildman–Crippen MR) is 47.6 cm³/mol. The first kappa shape index (κ1) is 11.7. The van der Waals surface area contributed by atoms with E-state index in [0.717, 1.165) is 0 Å². The highest BCUT2D eigenvalue weighted by atomic mass is 17.0. The zero-order chi connectivity index (χ0) is 11.4. The van der Waals surface area contributed by atoms with Crippen molar-refractivity contribution >= 4 is 5.97 Å². The average Bonchev–Trinajstić information content (AvgIpc) is 2.16. The van der Waals surface area contributed by atoms with Crippen molar-refractivity contribution in [3.8, 4) is 0 Å². The molecule has 1 N–H and O–H groups in total. The van der Waals surface area contributed by atoms with Crippen LogP contribution in [0.15, 0.2) is 0 Å². The molecule has 0 bridgehead atoms. The van der Waals surface area contributed by atoms with E-state index in [1.54, 1.807) is 0 Å². The van der Waals surface area contributed by atoms with Gasteiger partial charge in [-0.15, -0.1) is 10.1 Å². The summed E-state index contributed by atoms with van der Waals surface area (Å²) in [5, 5.41) is 18.1. The molecule has 1 fully saturated rings. The van der Waals surface area contributed by atoms with Crippen LogP contribution in [0.4, 0.5) is 0 Å². The molecule has 1 rings (SSSR count). The minimum absolute atomic E-state index is 0.120. The molecule has 0 heterocycles. The van der Waals surface area contributed by atoms with Crippen LogP contribution in [0.2, 0.25) is 0 Å². The minimum atomic E-state index is -0.943. The highest BCUT2D eigenvalue weighted by Gasteiger charge is 2.36. The second-order valence-electron chi connectivity index (χ2n) is 3.49. The molecule has 86 valence electrons. The Labute approximate surface area is 86.1 Å². The van der Waals surface area contributed by atoms with Crippen molar-refractivity contribution in [2.45, 2.75) is 31.5 Å². The lowest BCUT2D eigenvalue weighted by Gasteiger charge is -2.31. The van der Waals surface area contributed by atoms with Gasteiger partial charge in [-0.05, 0) is 19.3 Å². The number of methoxy groups -OCH3 is 1. The van der Waals surface area contributed by atoms with Gasteiger partial charge in [0.2, 0.25) is 0 Å². The van der Waals surface area contributed by atoms with E-state index in [-0.39, 0.29) is 6.42 Å². The van der Waals surface area contributed by atoms with E-state index in [1.165, 1.54) is 7.11 Å². The number of hydrogen-bond donors (Lipinski definition) is 1. The fraction of sp³-hybridized carbons (Fsp3) is 0.875. The molecule has 3 atom stereocenters.